The van der Waals surface area contributed by atoms with E-state index in [1.54, 1.807) is 28.9 Å². The van der Waals surface area contributed by atoms with Gasteiger partial charge in [0, 0.05) is 35.3 Å². The molecule has 29 heavy (non-hydrogen) atoms. The molecular formula is C23H21N3O2S. The van der Waals surface area contributed by atoms with E-state index in [-0.39, 0.29) is 11.8 Å². The van der Waals surface area contributed by atoms with E-state index in [1.807, 2.05) is 60.7 Å². The second-order valence-corrected chi connectivity index (χ2v) is 7.78. The van der Waals surface area contributed by atoms with Crippen molar-refractivity contribution in [2.45, 2.75) is 17.9 Å². The average molecular weight is 404 g/mol. The van der Waals surface area contributed by atoms with Crippen molar-refractivity contribution in [2.24, 2.45) is 0 Å². The molecule has 3 aromatic rings. The molecule has 4 rings (SSSR count). The maximum Gasteiger partial charge on any atom is 0.251 e. The Morgan fingerprint density at radius 2 is 1.93 bits per heavy atom. The molecule has 6 heteroatoms. The van der Waals surface area contributed by atoms with Crippen LogP contribution < -0.4 is 10.2 Å². The highest BCUT2D eigenvalue weighted by atomic mass is 32.2. The Labute approximate surface area is 174 Å². The Bertz CT molecular complexity index is 1020. The van der Waals surface area contributed by atoms with Gasteiger partial charge < -0.3 is 10.2 Å². The number of amides is 2. The maximum absolute atomic E-state index is 12.5. The van der Waals surface area contributed by atoms with Gasteiger partial charge in [-0.1, -0.05) is 30.3 Å². The van der Waals surface area contributed by atoms with Gasteiger partial charge in [0.15, 0.2) is 0 Å². The Hall–Kier alpha value is -3.12. The van der Waals surface area contributed by atoms with E-state index in [4.69, 9.17) is 0 Å². The largest absolute Gasteiger partial charge is 0.352 e. The molecule has 1 aliphatic rings. The summed E-state index contributed by atoms with van der Waals surface area (Å²) in [6.45, 7) is 0.973. The van der Waals surface area contributed by atoms with Crippen molar-refractivity contribution < 1.29 is 9.59 Å². The number of hydrogen-bond donors (Lipinski definition) is 1. The molecule has 0 aliphatic carbocycles. The first-order chi connectivity index (χ1) is 14.2. The van der Waals surface area contributed by atoms with Crippen molar-refractivity contribution in [2.75, 3.05) is 17.2 Å². The number of benzene rings is 2. The number of para-hydroxylation sites is 1. The SMILES string of the molecule is O=C(NCCc1ccccn1)c1cccc(CN2C(=O)CSc3ccccc32)c1. The second kappa shape index (κ2) is 8.92. The summed E-state index contributed by atoms with van der Waals surface area (Å²) in [5.74, 6) is 0.396. The predicted octanol–water partition coefficient (Wildman–Crippen LogP) is 3.69. The van der Waals surface area contributed by atoms with Crippen molar-refractivity contribution in [3.63, 3.8) is 0 Å². The van der Waals surface area contributed by atoms with Crippen molar-refractivity contribution in [1.29, 1.82) is 0 Å². The molecule has 5 nitrogen and oxygen atoms in total. The first-order valence-electron chi connectivity index (χ1n) is 9.50. The molecule has 0 fully saturated rings. The fourth-order valence-electron chi connectivity index (χ4n) is 3.27. The minimum atomic E-state index is -0.122. The van der Waals surface area contributed by atoms with E-state index in [2.05, 4.69) is 10.3 Å². The van der Waals surface area contributed by atoms with Gasteiger partial charge >= 0.3 is 0 Å². The molecule has 2 heterocycles. The van der Waals surface area contributed by atoms with Crippen LogP contribution in [0.4, 0.5) is 5.69 Å². The van der Waals surface area contributed by atoms with E-state index >= 15 is 0 Å². The van der Waals surface area contributed by atoms with E-state index in [9.17, 15) is 9.59 Å². The molecular weight excluding hydrogens is 382 g/mol. The zero-order valence-corrected chi connectivity index (χ0v) is 16.7. The quantitative estimate of drug-likeness (QED) is 0.682. The fraction of sp³-hybridized carbons (Fsp3) is 0.174. The normalized spacial score (nSPS) is 13.1. The van der Waals surface area contributed by atoms with Crippen LogP contribution in [0.15, 0.2) is 77.8 Å². The van der Waals surface area contributed by atoms with Gasteiger partial charge in [-0.15, -0.1) is 11.8 Å². The molecule has 1 aromatic heterocycles. The summed E-state index contributed by atoms with van der Waals surface area (Å²) in [6, 6.07) is 21.1. The monoisotopic (exact) mass is 403 g/mol. The van der Waals surface area contributed by atoms with E-state index < -0.39 is 0 Å². The molecule has 0 saturated heterocycles. The lowest BCUT2D eigenvalue weighted by Gasteiger charge is -2.29. The minimum Gasteiger partial charge on any atom is -0.352 e. The number of thioether (sulfide) groups is 1. The minimum absolute atomic E-state index is 0.0823. The molecule has 146 valence electrons. The van der Waals surface area contributed by atoms with Gasteiger partial charge in [-0.3, -0.25) is 14.6 Å². The summed E-state index contributed by atoms with van der Waals surface area (Å²) in [5, 5.41) is 2.94. The molecule has 0 spiro atoms. The number of nitrogens with zero attached hydrogens (tertiary/aromatic N) is 2. The van der Waals surface area contributed by atoms with Gasteiger partial charge in [0.1, 0.15) is 0 Å². The second-order valence-electron chi connectivity index (χ2n) is 6.76. The van der Waals surface area contributed by atoms with Gasteiger partial charge in [0.05, 0.1) is 18.0 Å². The number of anilines is 1. The number of hydrogen-bond acceptors (Lipinski definition) is 4. The number of carbonyl (C=O) groups is 2. The van der Waals surface area contributed by atoms with Gasteiger partial charge in [-0.25, -0.2) is 0 Å². The molecule has 0 saturated carbocycles. The summed E-state index contributed by atoms with van der Waals surface area (Å²) >= 11 is 1.57. The fourth-order valence-corrected chi connectivity index (χ4v) is 4.21. The summed E-state index contributed by atoms with van der Waals surface area (Å²) in [6.07, 6.45) is 2.43. The lowest BCUT2D eigenvalue weighted by molar-refractivity contribution is -0.116. The zero-order chi connectivity index (χ0) is 20.1. The topological polar surface area (TPSA) is 62.3 Å². The lowest BCUT2D eigenvalue weighted by Crippen LogP contribution is -2.34. The Balaban J connectivity index is 1.42. The predicted molar refractivity (Wildman–Crippen MR) is 115 cm³/mol. The van der Waals surface area contributed by atoms with Crippen molar-refractivity contribution in [3.05, 3.63) is 89.7 Å². The molecule has 0 unspecified atom stereocenters. The van der Waals surface area contributed by atoms with Crippen molar-refractivity contribution >= 4 is 29.3 Å². The van der Waals surface area contributed by atoms with E-state index in [0.717, 1.165) is 21.8 Å². The molecule has 1 aliphatic heterocycles. The third kappa shape index (κ3) is 4.66. The average Bonchev–Trinajstić information content (AvgIpc) is 2.77. The summed E-state index contributed by atoms with van der Waals surface area (Å²) < 4.78 is 0. The van der Waals surface area contributed by atoms with Crippen LogP contribution in [-0.4, -0.2) is 29.1 Å². The van der Waals surface area contributed by atoms with Crippen LogP contribution in [0, 0.1) is 0 Å². The molecule has 0 radical (unpaired) electrons. The van der Waals surface area contributed by atoms with Crippen LogP contribution in [0.3, 0.4) is 0 Å². The van der Waals surface area contributed by atoms with E-state index in [1.165, 1.54) is 0 Å². The van der Waals surface area contributed by atoms with Crippen molar-refractivity contribution in [1.82, 2.24) is 10.3 Å². The summed E-state index contributed by atoms with van der Waals surface area (Å²) in [4.78, 5) is 32.2. The Morgan fingerprint density at radius 3 is 2.79 bits per heavy atom. The smallest absolute Gasteiger partial charge is 0.251 e. The van der Waals surface area contributed by atoms with Gasteiger partial charge in [0.2, 0.25) is 5.91 Å². The zero-order valence-electron chi connectivity index (χ0n) is 15.9. The van der Waals surface area contributed by atoms with Crippen LogP contribution >= 0.6 is 11.8 Å². The number of carbonyl (C=O) groups excluding carboxylic acids is 2. The number of aromatic nitrogens is 1. The van der Waals surface area contributed by atoms with Crippen molar-refractivity contribution in [3.8, 4) is 0 Å². The van der Waals surface area contributed by atoms with E-state index in [0.29, 0.717) is 30.8 Å². The van der Waals surface area contributed by atoms with Crippen LogP contribution in [-0.2, 0) is 17.8 Å². The van der Waals surface area contributed by atoms with Crippen LogP contribution in [0.25, 0.3) is 0 Å². The highest BCUT2D eigenvalue weighted by Crippen LogP contribution is 2.35. The number of rotatable bonds is 6. The van der Waals surface area contributed by atoms with Crippen LogP contribution in [0.5, 0.6) is 0 Å². The maximum atomic E-state index is 12.5. The lowest BCUT2D eigenvalue weighted by atomic mass is 10.1. The highest BCUT2D eigenvalue weighted by molar-refractivity contribution is 8.00. The van der Waals surface area contributed by atoms with Gasteiger partial charge in [-0.05, 0) is 42.0 Å². The Kier molecular flexibility index (Phi) is 5.91. The highest BCUT2D eigenvalue weighted by Gasteiger charge is 2.24. The third-order valence-electron chi connectivity index (χ3n) is 4.73. The standard InChI is InChI=1S/C23H21N3O2S/c27-22-16-29-21-10-2-1-9-20(21)26(22)15-17-6-5-7-18(14-17)23(28)25-13-11-19-8-3-4-12-24-19/h1-10,12,14H,11,13,15-16H2,(H,25,28). The van der Waals surface area contributed by atoms with Crippen LogP contribution in [0.1, 0.15) is 21.6 Å². The number of nitrogens with one attached hydrogen (secondary N) is 1. The molecule has 2 aromatic carbocycles. The third-order valence-corrected chi connectivity index (χ3v) is 5.78. The Morgan fingerprint density at radius 1 is 1.07 bits per heavy atom. The molecule has 1 N–H and O–H groups in total. The molecule has 0 atom stereocenters. The first-order valence-corrected chi connectivity index (χ1v) is 10.5. The number of fused-ring (bicyclic) bond motifs is 1. The van der Waals surface area contributed by atoms with Gasteiger partial charge in [-0.2, -0.15) is 0 Å². The van der Waals surface area contributed by atoms with Gasteiger partial charge in [0.25, 0.3) is 5.91 Å². The van der Waals surface area contributed by atoms with Crippen LogP contribution in [0.2, 0.25) is 0 Å². The first kappa shape index (κ1) is 19.2. The summed E-state index contributed by atoms with van der Waals surface area (Å²) in [7, 11) is 0. The summed E-state index contributed by atoms with van der Waals surface area (Å²) in [5.41, 5.74) is 3.40. The molecule has 2 amide bonds. The molecule has 0 bridgehead atoms. The number of pyridine rings is 1.